The van der Waals surface area contributed by atoms with Gasteiger partial charge in [0.15, 0.2) is 0 Å². The molecule has 2 saturated heterocycles. The van der Waals surface area contributed by atoms with Crippen molar-refractivity contribution < 1.29 is 19.2 Å². The van der Waals surface area contributed by atoms with Crippen molar-refractivity contribution >= 4 is 23.8 Å². The second kappa shape index (κ2) is 12.4. The van der Waals surface area contributed by atoms with Crippen LogP contribution in [0.5, 0.6) is 0 Å². The number of amides is 5. The molecule has 5 amide bonds. The van der Waals surface area contributed by atoms with Gasteiger partial charge in [0.2, 0.25) is 17.7 Å². The summed E-state index contributed by atoms with van der Waals surface area (Å²) in [5, 5.41) is 9.03. The van der Waals surface area contributed by atoms with Crippen LogP contribution in [0.2, 0.25) is 0 Å². The molecule has 4 rings (SSSR count). The molecule has 0 unspecified atom stereocenters. The van der Waals surface area contributed by atoms with Gasteiger partial charge in [-0.1, -0.05) is 49.6 Å². The molecule has 0 bridgehead atoms. The summed E-state index contributed by atoms with van der Waals surface area (Å²) in [7, 11) is 1.74. The molecule has 1 aromatic rings. The van der Waals surface area contributed by atoms with E-state index in [0.717, 1.165) is 18.4 Å². The minimum atomic E-state index is -0.651. The Balaban J connectivity index is 1.54. The molecule has 3 fully saturated rings. The van der Waals surface area contributed by atoms with Gasteiger partial charge in [-0.2, -0.15) is 0 Å². The molecule has 10 heteroatoms. The molecule has 1 aromatic carbocycles. The molecule has 3 aliphatic rings. The molecule has 0 spiro atoms. The van der Waals surface area contributed by atoms with Crippen LogP contribution in [0.1, 0.15) is 57.4 Å². The zero-order valence-corrected chi connectivity index (χ0v) is 22.0. The Kier molecular flexibility index (Phi) is 9.02. The summed E-state index contributed by atoms with van der Waals surface area (Å²) in [6, 6.07) is 8.74. The summed E-state index contributed by atoms with van der Waals surface area (Å²) < 4.78 is 0. The van der Waals surface area contributed by atoms with E-state index in [4.69, 9.17) is 0 Å². The van der Waals surface area contributed by atoms with E-state index in [1.54, 1.807) is 22.0 Å². The lowest BCUT2D eigenvalue weighted by Gasteiger charge is -2.55. The van der Waals surface area contributed by atoms with Crippen molar-refractivity contribution in [2.75, 3.05) is 33.2 Å². The Morgan fingerprint density at radius 1 is 1.03 bits per heavy atom. The zero-order valence-electron chi connectivity index (χ0n) is 22.0. The summed E-state index contributed by atoms with van der Waals surface area (Å²) in [6.07, 6.45) is 6.23. The van der Waals surface area contributed by atoms with Gasteiger partial charge in [0, 0.05) is 33.6 Å². The lowest BCUT2D eigenvalue weighted by Crippen LogP contribution is -2.76. The van der Waals surface area contributed by atoms with E-state index in [-0.39, 0.29) is 30.3 Å². The van der Waals surface area contributed by atoms with Gasteiger partial charge in [-0.25, -0.2) is 14.8 Å². The van der Waals surface area contributed by atoms with Gasteiger partial charge in [-0.05, 0) is 37.2 Å². The second-order valence-corrected chi connectivity index (χ2v) is 10.5. The van der Waals surface area contributed by atoms with E-state index >= 15 is 0 Å². The predicted octanol–water partition coefficient (Wildman–Crippen LogP) is 1.92. The van der Waals surface area contributed by atoms with Gasteiger partial charge in [-0.15, -0.1) is 0 Å². The first kappa shape index (κ1) is 26.9. The molecule has 1 aliphatic carbocycles. The molecule has 2 aliphatic heterocycles. The Labute approximate surface area is 219 Å². The van der Waals surface area contributed by atoms with E-state index < -0.39 is 12.2 Å². The fourth-order valence-electron chi connectivity index (χ4n) is 5.84. The van der Waals surface area contributed by atoms with Crippen LogP contribution in [0.3, 0.4) is 0 Å². The third-order valence-corrected chi connectivity index (χ3v) is 7.67. The molecular weight excluding hydrogens is 472 g/mol. The van der Waals surface area contributed by atoms with Gasteiger partial charge in [0.05, 0.1) is 13.1 Å². The lowest BCUT2D eigenvalue weighted by atomic mass is 9.88. The van der Waals surface area contributed by atoms with Crippen molar-refractivity contribution in [1.29, 1.82) is 0 Å². The van der Waals surface area contributed by atoms with Gasteiger partial charge >= 0.3 is 6.03 Å². The number of hydrogen-bond acceptors (Lipinski definition) is 5. The number of urea groups is 1. The minimum absolute atomic E-state index is 0.0212. The molecule has 0 aromatic heterocycles. The third-order valence-electron chi connectivity index (χ3n) is 7.67. The minimum Gasteiger partial charge on any atom is -0.356 e. The van der Waals surface area contributed by atoms with Crippen molar-refractivity contribution in [3.8, 4) is 0 Å². The largest absolute Gasteiger partial charge is 0.356 e. The number of nitrogens with zero attached hydrogens (tertiary/aromatic N) is 4. The first-order valence-electron chi connectivity index (χ1n) is 13.5. The molecule has 2 N–H and O–H groups in total. The van der Waals surface area contributed by atoms with Crippen molar-refractivity contribution in [2.24, 2.45) is 5.92 Å². The van der Waals surface area contributed by atoms with Crippen LogP contribution in [0.25, 0.3) is 0 Å². The number of carbonyl (C=O) groups is 4. The fourth-order valence-corrected chi connectivity index (χ4v) is 5.84. The van der Waals surface area contributed by atoms with Crippen LogP contribution in [0, 0.1) is 5.92 Å². The molecule has 10 nitrogen and oxygen atoms in total. The van der Waals surface area contributed by atoms with Gasteiger partial charge in [-0.3, -0.25) is 14.4 Å². The number of hydrogen-bond donors (Lipinski definition) is 2. The van der Waals surface area contributed by atoms with E-state index in [1.807, 2.05) is 35.2 Å². The van der Waals surface area contributed by atoms with Crippen LogP contribution in [0.15, 0.2) is 30.3 Å². The number of piperazine rings is 1. The van der Waals surface area contributed by atoms with Crippen LogP contribution < -0.4 is 10.6 Å². The quantitative estimate of drug-likeness (QED) is 0.518. The molecule has 0 radical (unpaired) electrons. The Morgan fingerprint density at radius 3 is 2.46 bits per heavy atom. The highest BCUT2D eigenvalue weighted by Crippen LogP contribution is 2.31. The number of benzene rings is 1. The smallest absolute Gasteiger partial charge is 0.334 e. The number of likely N-dealkylation sites (N-methyl/N-ethyl adjacent to an activating group) is 1. The van der Waals surface area contributed by atoms with E-state index in [1.165, 1.54) is 26.2 Å². The number of hydrazine groups is 1. The van der Waals surface area contributed by atoms with Crippen LogP contribution in [-0.4, -0.2) is 89.0 Å². The normalized spacial score (nSPS) is 23.1. The average molecular weight is 513 g/mol. The molecule has 1 saturated carbocycles. The molecule has 2 heterocycles. The van der Waals surface area contributed by atoms with Crippen molar-refractivity contribution in [1.82, 2.24) is 30.5 Å². The lowest BCUT2D eigenvalue weighted by molar-refractivity contribution is -0.188. The molecule has 37 heavy (non-hydrogen) atoms. The van der Waals surface area contributed by atoms with Crippen molar-refractivity contribution in [3.63, 3.8) is 0 Å². The highest BCUT2D eigenvalue weighted by Gasteiger charge is 2.50. The molecule has 202 valence electrons. The van der Waals surface area contributed by atoms with Gasteiger partial charge in [0.1, 0.15) is 12.2 Å². The second-order valence-electron chi connectivity index (χ2n) is 10.5. The third kappa shape index (κ3) is 6.60. The summed E-state index contributed by atoms with van der Waals surface area (Å²) in [4.78, 5) is 55.2. The van der Waals surface area contributed by atoms with E-state index in [2.05, 4.69) is 10.6 Å². The van der Waals surface area contributed by atoms with Crippen LogP contribution in [-0.2, 0) is 20.9 Å². The highest BCUT2D eigenvalue weighted by atomic mass is 16.2. The van der Waals surface area contributed by atoms with Crippen LogP contribution in [0.4, 0.5) is 4.79 Å². The summed E-state index contributed by atoms with van der Waals surface area (Å²) in [5.74, 6) is 0.118. The monoisotopic (exact) mass is 512 g/mol. The Hall–Kier alpha value is -3.14. The first-order valence-corrected chi connectivity index (χ1v) is 13.5. The summed E-state index contributed by atoms with van der Waals surface area (Å²) in [6.45, 7) is 3.25. The van der Waals surface area contributed by atoms with E-state index in [9.17, 15) is 19.2 Å². The topological polar surface area (TPSA) is 105 Å². The maximum Gasteiger partial charge on any atom is 0.334 e. The maximum atomic E-state index is 13.7. The number of nitrogens with one attached hydrogen (secondary N) is 2. The number of fused-ring (bicyclic) bond motifs is 1. The van der Waals surface area contributed by atoms with Gasteiger partial charge < -0.3 is 20.4 Å². The predicted molar refractivity (Wildman–Crippen MR) is 139 cm³/mol. The Morgan fingerprint density at radius 2 is 1.76 bits per heavy atom. The summed E-state index contributed by atoms with van der Waals surface area (Å²) >= 11 is 0. The highest BCUT2D eigenvalue weighted by molar-refractivity contribution is 5.91. The maximum absolute atomic E-state index is 13.7. The van der Waals surface area contributed by atoms with Gasteiger partial charge in [0.25, 0.3) is 0 Å². The average Bonchev–Trinajstić information content (AvgIpc) is 2.88. The number of carbonyl (C=O) groups excluding carboxylic acids is 4. The molecular formula is C27H40N6O4. The van der Waals surface area contributed by atoms with Crippen molar-refractivity contribution in [3.05, 3.63) is 35.9 Å². The SMILES string of the molecule is CC(=O)NCCC[C@H]1C(=O)N(CC2CCCCC2)C[C@H]2N1C(=O)CN(C)N2C(=O)NCc1ccccc1. The first-order chi connectivity index (χ1) is 17.8. The van der Waals surface area contributed by atoms with E-state index in [0.29, 0.717) is 44.9 Å². The van der Waals surface area contributed by atoms with Crippen LogP contribution >= 0.6 is 0 Å². The standard InChI is InChI=1S/C27H40N6O4/c1-20(34)28-15-9-14-23-26(36)31(17-22-12-7-4-8-13-22)18-24-32(23)25(35)19-30(2)33(24)27(37)29-16-21-10-5-3-6-11-21/h3,5-6,10-11,22-24H,4,7-9,12-19H2,1-2H3,(H,28,34)(H,29,37)/t23-,24-/m0/s1. The fraction of sp³-hybridized carbons (Fsp3) is 0.630. The summed E-state index contributed by atoms with van der Waals surface area (Å²) in [5.41, 5.74) is 0.983. The zero-order chi connectivity index (χ0) is 26.4. The molecule has 2 atom stereocenters. The number of rotatable bonds is 8. The Bertz CT molecular complexity index is 967. The van der Waals surface area contributed by atoms with Crippen molar-refractivity contribution in [2.45, 2.75) is 70.6 Å².